The molecule has 0 saturated heterocycles. The van der Waals surface area contributed by atoms with Crippen LogP contribution in [-0.4, -0.2) is 35.0 Å². The van der Waals surface area contributed by atoms with E-state index >= 15 is 0 Å². The van der Waals surface area contributed by atoms with Crippen LogP contribution >= 0.6 is 11.6 Å². The van der Waals surface area contributed by atoms with Crippen LogP contribution in [0.3, 0.4) is 0 Å². The fourth-order valence-corrected chi connectivity index (χ4v) is 2.71. The lowest BCUT2D eigenvalue weighted by Crippen LogP contribution is -2.31. The van der Waals surface area contributed by atoms with Crippen molar-refractivity contribution < 1.29 is 19.1 Å². The highest BCUT2D eigenvalue weighted by atomic mass is 35.5. The van der Waals surface area contributed by atoms with E-state index in [4.69, 9.17) is 22.1 Å². The summed E-state index contributed by atoms with van der Waals surface area (Å²) in [7, 11) is 1.31. The zero-order valence-corrected chi connectivity index (χ0v) is 17.0. The van der Waals surface area contributed by atoms with Crippen LogP contribution in [0.2, 0.25) is 5.15 Å². The summed E-state index contributed by atoms with van der Waals surface area (Å²) in [5.74, 6) is -0.167. The smallest absolute Gasteiger partial charge is 0.322 e. The van der Waals surface area contributed by atoms with Gasteiger partial charge in [0.1, 0.15) is 12.6 Å². The summed E-state index contributed by atoms with van der Waals surface area (Å²) >= 11 is 6.11. The second kappa shape index (κ2) is 12.0. The van der Waals surface area contributed by atoms with Gasteiger partial charge < -0.3 is 15.2 Å². The number of carbonyl (C=O) groups is 2. The molecular formula is C20H25ClN4O4. The van der Waals surface area contributed by atoms with Gasteiger partial charge in [-0.25, -0.2) is 4.98 Å². The number of esters is 1. The fourth-order valence-electron chi connectivity index (χ4n) is 2.53. The molecule has 0 bridgehead atoms. The lowest BCUT2D eigenvalue weighted by Gasteiger charge is -2.09. The standard InChI is InChI=1S/C20H25ClN4O4/c1-28-19(27)15(22)10-6-3-7-11-17(26)24-20-23-12-16(18(21)25-20)29-13-14-8-4-2-5-9-14/h2,4-5,8-9,12,15H,3,6-7,10-11,13,22H2,1H3,(H,23,24,25,26)/t15-/m0/s1. The highest BCUT2D eigenvalue weighted by molar-refractivity contribution is 6.30. The van der Waals surface area contributed by atoms with Gasteiger partial charge in [0.15, 0.2) is 10.9 Å². The summed E-state index contributed by atoms with van der Waals surface area (Å²) in [4.78, 5) is 31.3. The molecule has 0 unspecified atom stereocenters. The topological polar surface area (TPSA) is 116 Å². The van der Waals surface area contributed by atoms with E-state index in [1.54, 1.807) is 0 Å². The summed E-state index contributed by atoms with van der Waals surface area (Å²) in [5.41, 5.74) is 6.65. The Morgan fingerprint density at radius 3 is 2.66 bits per heavy atom. The van der Waals surface area contributed by atoms with Crippen molar-refractivity contribution >= 4 is 29.4 Å². The number of aromatic nitrogens is 2. The van der Waals surface area contributed by atoms with Gasteiger partial charge in [0, 0.05) is 6.42 Å². The number of hydrogen-bond acceptors (Lipinski definition) is 7. The highest BCUT2D eigenvalue weighted by Crippen LogP contribution is 2.23. The molecule has 1 heterocycles. The Labute approximate surface area is 174 Å². The number of benzene rings is 1. The molecule has 0 aliphatic heterocycles. The Hall–Kier alpha value is -2.71. The Morgan fingerprint density at radius 2 is 1.97 bits per heavy atom. The molecular weight excluding hydrogens is 396 g/mol. The molecule has 3 N–H and O–H groups in total. The molecule has 0 aliphatic rings. The molecule has 29 heavy (non-hydrogen) atoms. The Kier molecular flexibility index (Phi) is 9.33. The van der Waals surface area contributed by atoms with E-state index in [1.165, 1.54) is 13.3 Å². The number of rotatable bonds is 11. The van der Waals surface area contributed by atoms with Crippen molar-refractivity contribution in [3.63, 3.8) is 0 Å². The van der Waals surface area contributed by atoms with E-state index in [9.17, 15) is 9.59 Å². The summed E-state index contributed by atoms with van der Waals surface area (Å²) in [6.07, 6.45) is 4.43. The van der Waals surface area contributed by atoms with E-state index in [1.807, 2.05) is 30.3 Å². The van der Waals surface area contributed by atoms with Gasteiger partial charge in [0.05, 0.1) is 13.3 Å². The van der Waals surface area contributed by atoms with E-state index in [2.05, 4.69) is 20.0 Å². The number of amides is 1. The first-order chi connectivity index (χ1) is 14.0. The summed E-state index contributed by atoms with van der Waals surface area (Å²) in [5, 5.41) is 2.74. The number of nitrogens with zero attached hydrogens (tertiary/aromatic N) is 2. The maximum Gasteiger partial charge on any atom is 0.322 e. The lowest BCUT2D eigenvalue weighted by molar-refractivity contribution is -0.142. The first kappa shape index (κ1) is 22.6. The third-order valence-corrected chi connectivity index (χ3v) is 4.39. The van der Waals surface area contributed by atoms with Crippen molar-refractivity contribution in [2.24, 2.45) is 5.73 Å². The normalized spacial score (nSPS) is 11.6. The predicted octanol–water partition coefficient (Wildman–Crippen LogP) is 3.10. The largest absolute Gasteiger partial charge is 0.484 e. The van der Waals surface area contributed by atoms with E-state index in [0.717, 1.165) is 18.4 Å². The maximum atomic E-state index is 12.0. The molecule has 156 valence electrons. The number of halogens is 1. The second-order valence-electron chi connectivity index (χ2n) is 6.40. The first-order valence-electron chi connectivity index (χ1n) is 9.32. The van der Waals surface area contributed by atoms with Gasteiger partial charge in [-0.2, -0.15) is 4.98 Å². The fraction of sp³-hybridized carbons (Fsp3) is 0.400. The molecule has 1 atom stereocenters. The third-order valence-electron chi connectivity index (χ3n) is 4.12. The average molecular weight is 421 g/mol. The maximum absolute atomic E-state index is 12.0. The number of nitrogens with two attached hydrogens (primary N) is 1. The van der Waals surface area contributed by atoms with Crippen LogP contribution in [0.4, 0.5) is 5.95 Å². The third kappa shape index (κ3) is 8.05. The minimum atomic E-state index is -0.619. The van der Waals surface area contributed by atoms with Crippen LogP contribution in [0.15, 0.2) is 36.5 Å². The molecule has 0 fully saturated rings. The molecule has 1 aromatic heterocycles. The molecule has 1 aromatic carbocycles. The van der Waals surface area contributed by atoms with Gasteiger partial charge in [-0.3, -0.25) is 14.9 Å². The van der Waals surface area contributed by atoms with Crippen molar-refractivity contribution in [2.45, 2.75) is 44.8 Å². The average Bonchev–Trinajstić information content (AvgIpc) is 2.72. The van der Waals surface area contributed by atoms with Crippen LogP contribution in [0.1, 0.15) is 37.7 Å². The number of ether oxygens (including phenoxy) is 2. The summed E-state index contributed by atoms with van der Waals surface area (Å²) in [6.45, 7) is 0.343. The van der Waals surface area contributed by atoms with Crippen molar-refractivity contribution in [1.29, 1.82) is 0 Å². The molecule has 9 heteroatoms. The van der Waals surface area contributed by atoms with Gasteiger partial charge in [-0.15, -0.1) is 0 Å². The monoisotopic (exact) mass is 420 g/mol. The van der Waals surface area contributed by atoms with Gasteiger partial charge >= 0.3 is 5.97 Å². The van der Waals surface area contributed by atoms with Gasteiger partial charge in [-0.1, -0.05) is 54.8 Å². The lowest BCUT2D eigenvalue weighted by atomic mass is 10.1. The molecule has 1 amide bonds. The molecule has 0 saturated carbocycles. The predicted molar refractivity (Wildman–Crippen MR) is 110 cm³/mol. The molecule has 0 radical (unpaired) electrons. The molecule has 0 aliphatic carbocycles. The van der Waals surface area contributed by atoms with Crippen LogP contribution in [0, 0.1) is 0 Å². The molecule has 2 rings (SSSR count). The number of nitrogens with one attached hydrogen (secondary N) is 1. The van der Waals surface area contributed by atoms with E-state index in [-0.39, 0.29) is 17.0 Å². The van der Waals surface area contributed by atoms with Crippen LogP contribution in [0.25, 0.3) is 0 Å². The zero-order valence-electron chi connectivity index (χ0n) is 16.3. The van der Waals surface area contributed by atoms with Crippen LogP contribution < -0.4 is 15.8 Å². The van der Waals surface area contributed by atoms with Crippen LogP contribution in [-0.2, 0) is 20.9 Å². The first-order valence-corrected chi connectivity index (χ1v) is 9.70. The van der Waals surface area contributed by atoms with Crippen molar-refractivity contribution in [1.82, 2.24) is 9.97 Å². The van der Waals surface area contributed by atoms with E-state index < -0.39 is 12.0 Å². The minimum Gasteiger partial charge on any atom is -0.484 e. The number of methoxy groups -OCH3 is 1. The quantitative estimate of drug-likeness (QED) is 0.326. The van der Waals surface area contributed by atoms with Crippen LogP contribution in [0.5, 0.6) is 5.75 Å². The second-order valence-corrected chi connectivity index (χ2v) is 6.76. The number of unbranched alkanes of at least 4 members (excludes halogenated alkanes) is 2. The van der Waals surface area contributed by atoms with E-state index in [0.29, 0.717) is 31.6 Å². The number of carbonyl (C=O) groups excluding carboxylic acids is 2. The summed E-state index contributed by atoms with van der Waals surface area (Å²) < 4.78 is 10.2. The Balaban J connectivity index is 1.70. The van der Waals surface area contributed by atoms with Crippen molar-refractivity contribution in [2.75, 3.05) is 12.4 Å². The van der Waals surface area contributed by atoms with Gasteiger partial charge in [0.25, 0.3) is 0 Å². The SMILES string of the molecule is COC(=O)[C@@H](N)CCCCCC(=O)Nc1ncc(OCc2ccccc2)c(Cl)n1. The Morgan fingerprint density at radius 1 is 1.21 bits per heavy atom. The highest BCUT2D eigenvalue weighted by Gasteiger charge is 2.13. The Bertz CT molecular complexity index is 804. The number of anilines is 1. The molecule has 2 aromatic rings. The van der Waals surface area contributed by atoms with Crippen molar-refractivity contribution in [3.8, 4) is 5.75 Å². The molecule has 8 nitrogen and oxygen atoms in total. The summed E-state index contributed by atoms with van der Waals surface area (Å²) in [6, 6.07) is 9.02. The van der Waals surface area contributed by atoms with Crippen molar-refractivity contribution in [3.05, 3.63) is 47.2 Å². The zero-order chi connectivity index (χ0) is 21.1. The number of hydrogen-bond donors (Lipinski definition) is 2. The van der Waals surface area contributed by atoms with Gasteiger partial charge in [0.2, 0.25) is 11.9 Å². The minimum absolute atomic E-state index is 0.125. The van der Waals surface area contributed by atoms with Gasteiger partial charge in [-0.05, 0) is 18.4 Å². The molecule has 0 spiro atoms.